The number of phosphoric ester groups is 1. The molecule has 0 aliphatic heterocycles. The number of hydrogen-bond donors (Lipinski definition) is 4. The summed E-state index contributed by atoms with van der Waals surface area (Å²) in [5.41, 5.74) is 5.35. The molecule has 0 aromatic heterocycles. The Balaban J connectivity index is 4.41. The lowest BCUT2D eigenvalue weighted by Crippen LogP contribution is -2.45. The summed E-state index contributed by atoms with van der Waals surface area (Å²) in [5.74, 6) is -0.210. The minimum absolute atomic E-state index is 0.0723. The van der Waals surface area contributed by atoms with E-state index in [0.717, 1.165) is 44.9 Å². The van der Waals surface area contributed by atoms with Gasteiger partial charge < -0.3 is 21.1 Å². The highest BCUT2D eigenvalue weighted by Crippen LogP contribution is 2.43. The summed E-state index contributed by atoms with van der Waals surface area (Å²) in [6.45, 7) is 4.06. The van der Waals surface area contributed by atoms with Gasteiger partial charge in [0.15, 0.2) is 0 Å². The van der Waals surface area contributed by atoms with Crippen LogP contribution in [0.5, 0.6) is 0 Å². The molecular weight excluding hydrogens is 599 g/mol. The maximum Gasteiger partial charge on any atom is 0.472 e. The van der Waals surface area contributed by atoms with Crippen LogP contribution in [0.1, 0.15) is 162 Å². The summed E-state index contributed by atoms with van der Waals surface area (Å²) in [5, 5.41) is 13.6. The Morgan fingerprint density at radius 1 is 0.696 bits per heavy atom. The molecule has 3 unspecified atom stereocenters. The molecule has 0 aromatic carbocycles. The summed E-state index contributed by atoms with van der Waals surface area (Å²) in [6, 6.07) is -0.878. The summed E-state index contributed by atoms with van der Waals surface area (Å²) in [6.07, 6.45) is 37.6. The van der Waals surface area contributed by atoms with Gasteiger partial charge >= 0.3 is 7.82 Å². The van der Waals surface area contributed by atoms with Crippen molar-refractivity contribution in [3.05, 3.63) is 36.5 Å². The van der Waals surface area contributed by atoms with E-state index in [1.807, 2.05) is 6.08 Å². The SMILES string of the molecule is CCCCCC/C=C/CC/C=C/CC/C=C/C(O)C(COP(=O)(O)OCCN)NC(=O)CCCCCCCCCCCCCCC. The normalized spacial score (nSPS) is 14.8. The van der Waals surface area contributed by atoms with Crippen LogP contribution < -0.4 is 11.1 Å². The smallest absolute Gasteiger partial charge is 0.387 e. The van der Waals surface area contributed by atoms with E-state index >= 15 is 0 Å². The van der Waals surface area contributed by atoms with Gasteiger partial charge in [0.2, 0.25) is 5.91 Å². The van der Waals surface area contributed by atoms with Crippen molar-refractivity contribution in [2.75, 3.05) is 19.8 Å². The van der Waals surface area contributed by atoms with Crippen LogP contribution in [0.4, 0.5) is 0 Å². The fourth-order valence-corrected chi connectivity index (χ4v) is 5.86. The number of carbonyl (C=O) groups is 1. The third kappa shape index (κ3) is 31.3. The first-order valence-electron chi connectivity index (χ1n) is 18.6. The molecule has 0 heterocycles. The minimum Gasteiger partial charge on any atom is -0.387 e. The van der Waals surface area contributed by atoms with Crippen LogP contribution in [-0.2, 0) is 18.4 Å². The van der Waals surface area contributed by atoms with Crippen LogP contribution in [0.25, 0.3) is 0 Å². The second-order valence-electron chi connectivity index (χ2n) is 12.4. The molecular formula is C37H71N2O6P. The molecule has 0 aromatic rings. The Hall–Kier alpha value is -1.28. The number of nitrogens with one attached hydrogen (secondary N) is 1. The number of amides is 1. The Morgan fingerprint density at radius 2 is 1.15 bits per heavy atom. The highest BCUT2D eigenvalue weighted by atomic mass is 31.2. The van der Waals surface area contributed by atoms with Gasteiger partial charge in [-0.25, -0.2) is 4.57 Å². The molecule has 0 rings (SSSR count). The van der Waals surface area contributed by atoms with E-state index in [0.29, 0.717) is 6.42 Å². The Morgan fingerprint density at radius 3 is 1.67 bits per heavy atom. The van der Waals surface area contributed by atoms with Gasteiger partial charge in [0.25, 0.3) is 0 Å². The van der Waals surface area contributed by atoms with Gasteiger partial charge in [0.05, 0.1) is 25.4 Å². The van der Waals surface area contributed by atoms with Crippen molar-refractivity contribution < 1.29 is 28.4 Å². The van der Waals surface area contributed by atoms with E-state index in [4.69, 9.17) is 14.8 Å². The molecule has 8 nitrogen and oxygen atoms in total. The average molecular weight is 671 g/mol. The van der Waals surface area contributed by atoms with Gasteiger partial charge in [-0.15, -0.1) is 0 Å². The standard InChI is InChI=1S/C37H71N2O6P/c1-3-5-7-9-11-13-15-17-19-20-22-24-26-28-30-36(40)35(34-45-46(42,43)44-33-32-38)39-37(41)31-29-27-25-23-21-18-16-14-12-10-8-6-4-2/h13,15,20,22,28,30,35-36,40H,3-12,14,16-19,21,23-27,29,31-34,38H2,1-2H3,(H,39,41)(H,42,43)/b15-13+,22-20+,30-28+. The highest BCUT2D eigenvalue weighted by Gasteiger charge is 2.26. The number of aliphatic hydroxyl groups is 1. The van der Waals surface area contributed by atoms with Gasteiger partial charge in [-0.2, -0.15) is 0 Å². The van der Waals surface area contributed by atoms with Gasteiger partial charge in [0, 0.05) is 13.0 Å². The number of allylic oxidation sites excluding steroid dienone is 5. The van der Waals surface area contributed by atoms with Crippen molar-refractivity contribution in [3.8, 4) is 0 Å². The Kier molecular flexibility index (Phi) is 32.7. The van der Waals surface area contributed by atoms with E-state index in [1.165, 1.54) is 96.3 Å². The Labute approximate surface area is 282 Å². The second kappa shape index (κ2) is 33.6. The first kappa shape index (κ1) is 44.7. The van der Waals surface area contributed by atoms with E-state index in [-0.39, 0.29) is 25.7 Å². The molecule has 0 fully saturated rings. The number of aliphatic hydroxyl groups excluding tert-OH is 1. The fourth-order valence-electron chi connectivity index (χ4n) is 5.10. The summed E-state index contributed by atoms with van der Waals surface area (Å²) in [7, 11) is -4.34. The molecule has 9 heteroatoms. The highest BCUT2D eigenvalue weighted by molar-refractivity contribution is 7.47. The van der Waals surface area contributed by atoms with Crippen molar-refractivity contribution in [2.45, 2.75) is 174 Å². The van der Waals surface area contributed by atoms with Gasteiger partial charge in [-0.05, 0) is 44.9 Å². The van der Waals surface area contributed by atoms with Crippen LogP contribution in [-0.4, -0.2) is 47.8 Å². The quantitative estimate of drug-likeness (QED) is 0.0305. The van der Waals surface area contributed by atoms with E-state index in [2.05, 4.69) is 43.5 Å². The number of carbonyl (C=O) groups excluding carboxylic acids is 1. The van der Waals surface area contributed by atoms with E-state index < -0.39 is 20.0 Å². The topological polar surface area (TPSA) is 131 Å². The first-order chi connectivity index (χ1) is 22.4. The fraction of sp³-hybridized carbons (Fsp3) is 0.811. The van der Waals surface area contributed by atoms with Crippen LogP contribution in [0.2, 0.25) is 0 Å². The van der Waals surface area contributed by atoms with Crippen LogP contribution in [0.3, 0.4) is 0 Å². The predicted molar refractivity (Wildman–Crippen MR) is 194 cm³/mol. The molecule has 0 aliphatic carbocycles. The zero-order valence-electron chi connectivity index (χ0n) is 29.6. The minimum atomic E-state index is -4.34. The summed E-state index contributed by atoms with van der Waals surface area (Å²) >= 11 is 0. The van der Waals surface area contributed by atoms with Crippen molar-refractivity contribution in [3.63, 3.8) is 0 Å². The molecule has 46 heavy (non-hydrogen) atoms. The maximum absolute atomic E-state index is 12.7. The molecule has 5 N–H and O–H groups in total. The largest absolute Gasteiger partial charge is 0.472 e. The molecule has 1 amide bonds. The zero-order valence-corrected chi connectivity index (χ0v) is 30.4. The van der Waals surface area contributed by atoms with Gasteiger partial charge in [-0.3, -0.25) is 13.8 Å². The average Bonchev–Trinajstić information content (AvgIpc) is 3.04. The zero-order chi connectivity index (χ0) is 34.0. The van der Waals surface area contributed by atoms with E-state index in [9.17, 15) is 19.4 Å². The second-order valence-corrected chi connectivity index (χ2v) is 13.9. The molecule has 0 aliphatic rings. The number of nitrogens with two attached hydrogens (primary N) is 1. The van der Waals surface area contributed by atoms with Crippen molar-refractivity contribution in [1.82, 2.24) is 5.32 Å². The maximum atomic E-state index is 12.7. The molecule has 270 valence electrons. The van der Waals surface area contributed by atoms with Crippen LogP contribution in [0.15, 0.2) is 36.5 Å². The monoisotopic (exact) mass is 671 g/mol. The van der Waals surface area contributed by atoms with Crippen molar-refractivity contribution >= 4 is 13.7 Å². The molecule has 0 radical (unpaired) electrons. The molecule has 0 saturated carbocycles. The van der Waals surface area contributed by atoms with Gasteiger partial charge in [-0.1, -0.05) is 147 Å². The molecule has 0 bridgehead atoms. The first-order valence-corrected chi connectivity index (χ1v) is 20.1. The lowest BCUT2D eigenvalue weighted by Gasteiger charge is -2.23. The predicted octanol–water partition coefficient (Wildman–Crippen LogP) is 9.61. The number of hydrogen-bond acceptors (Lipinski definition) is 6. The summed E-state index contributed by atoms with van der Waals surface area (Å²) < 4.78 is 22.0. The van der Waals surface area contributed by atoms with Gasteiger partial charge in [0.1, 0.15) is 0 Å². The van der Waals surface area contributed by atoms with Crippen LogP contribution >= 0.6 is 7.82 Å². The van der Waals surface area contributed by atoms with Crippen molar-refractivity contribution in [1.29, 1.82) is 0 Å². The number of phosphoric acid groups is 1. The molecule has 0 spiro atoms. The molecule has 0 saturated heterocycles. The summed E-state index contributed by atoms with van der Waals surface area (Å²) in [4.78, 5) is 22.5. The number of rotatable bonds is 34. The van der Waals surface area contributed by atoms with Crippen molar-refractivity contribution in [2.24, 2.45) is 5.73 Å². The third-order valence-electron chi connectivity index (χ3n) is 7.95. The number of unbranched alkanes of at least 4 members (excludes halogenated alkanes) is 18. The third-order valence-corrected chi connectivity index (χ3v) is 8.93. The lowest BCUT2D eigenvalue weighted by molar-refractivity contribution is -0.123. The lowest BCUT2D eigenvalue weighted by atomic mass is 10.0. The van der Waals surface area contributed by atoms with Crippen LogP contribution in [0, 0.1) is 0 Å². The van der Waals surface area contributed by atoms with E-state index in [1.54, 1.807) is 6.08 Å². The molecule has 3 atom stereocenters. The Bertz CT molecular complexity index is 820.